The minimum absolute atomic E-state index is 0.0671. The SMILES string of the molecule is O=C(O)c1n[nH]nc1CSc1ccc(Cl)c(Cl)c1. The normalized spacial score (nSPS) is 10.6. The van der Waals surface area contributed by atoms with E-state index < -0.39 is 5.97 Å². The van der Waals surface area contributed by atoms with Crippen molar-refractivity contribution in [1.82, 2.24) is 15.4 Å². The zero-order valence-electron chi connectivity index (χ0n) is 8.85. The van der Waals surface area contributed by atoms with Crippen LogP contribution in [-0.4, -0.2) is 26.5 Å². The molecule has 0 spiro atoms. The highest BCUT2D eigenvalue weighted by atomic mass is 35.5. The zero-order valence-corrected chi connectivity index (χ0v) is 11.2. The summed E-state index contributed by atoms with van der Waals surface area (Å²) in [6.07, 6.45) is 0. The van der Waals surface area contributed by atoms with Gasteiger partial charge in [0, 0.05) is 10.6 Å². The molecule has 0 aliphatic carbocycles. The summed E-state index contributed by atoms with van der Waals surface area (Å²) in [6.45, 7) is 0. The highest BCUT2D eigenvalue weighted by Gasteiger charge is 2.15. The van der Waals surface area contributed by atoms with Crippen LogP contribution in [0.15, 0.2) is 23.1 Å². The first kappa shape index (κ1) is 13.2. The summed E-state index contributed by atoms with van der Waals surface area (Å²) in [7, 11) is 0. The minimum Gasteiger partial charge on any atom is -0.476 e. The van der Waals surface area contributed by atoms with Gasteiger partial charge in [0.25, 0.3) is 0 Å². The van der Waals surface area contributed by atoms with Gasteiger partial charge in [0.15, 0.2) is 5.69 Å². The van der Waals surface area contributed by atoms with Crippen molar-refractivity contribution in [3.63, 3.8) is 0 Å². The van der Waals surface area contributed by atoms with E-state index in [0.717, 1.165) is 4.90 Å². The molecule has 1 aromatic heterocycles. The van der Waals surface area contributed by atoms with Gasteiger partial charge in [-0.3, -0.25) is 0 Å². The molecule has 0 aliphatic rings. The molecule has 2 rings (SSSR count). The van der Waals surface area contributed by atoms with E-state index in [1.54, 1.807) is 18.2 Å². The molecule has 94 valence electrons. The lowest BCUT2D eigenvalue weighted by Crippen LogP contribution is -2.00. The monoisotopic (exact) mass is 303 g/mol. The maximum Gasteiger partial charge on any atom is 0.358 e. The molecule has 0 saturated carbocycles. The second kappa shape index (κ2) is 5.60. The number of carboxylic acids is 1. The van der Waals surface area contributed by atoms with Gasteiger partial charge in [0.05, 0.1) is 10.0 Å². The summed E-state index contributed by atoms with van der Waals surface area (Å²) < 4.78 is 0. The first-order valence-corrected chi connectivity index (χ1v) is 6.53. The summed E-state index contributed by atoms with van der Waals surface area (Å²) in [4.78, 5) is 11.7. The van der Waals surface area contributed by atoms with Crippen molar-refractivity contribution in [3.05, 3.63) is 39.6 Å². The third-order valence-corrected chi connectivity index (χ3v) is 3.83. The van der Waals surface area contributed by atoms with Gasteiger partial charge < -0.3 is 5.11 Å². The first-order chi connectivity index (χ1) is 8.58. The predicted molar refractivity (Wildman–Crippen MR) is 69.4 cm³/mol. The molecule has 0 unspecified atom stereocenters. The highest BCUT2D eigenvalue weighted by Crippen LogP contribution is 2.29. The van der Waals surface area contributed by atoms with E-state index in [-0.39, 0.29) is 5.69 Å². The van der Waals surface area contributed by atoms with E-state index in [2.05, 4.69) is 15.4 Å². The zero-order chi connectivity index (χ0) is 13.1. The summed E-state index contributed by atoms with van der Waals surface area (Å²) in [5.41, 5.74) is 0.320. The molecule has 1 aromatic carbocycles. The molecule has 8 heteroatoms. The van der Waals surface area contributed by atoms with Gasteiger partial charge in [-0.2, -0.15) is 10.3 Å². The van der Waals surface area contributed by atoms with Crippen LogP contribution < -0.4 is 0 Å². The Labute approximate surface area is 116 Å². The molecular weight excluding hydrogens is 297 g/mol. The van der Waals surface area contributed by atoms with Crippen molar-refractivity contribution in [2.45, 2.75) is 10.6 Å². The molecule has 0 aliphatic heterocycles. The average molecular weight is 304 g/mol. The van der Waals surface area contributed by atoms with Crippen molar-refractivity contribution in [1.29, 1.82) is 0 Å². The van der Waals surface area contributed by atoms with Crippen LogP contribution >= 0.6 is 35.0 Å². The maximum atomic E-state index is 10.8. The maximum absolute atomic E-state index is 10.8. The average Bonchev–Trinajstić information content (AvgIpc) is 2.79. The number of aromatic nitrogens is 3. The second-order valence-electron chi connectivity index (χ2n) is 3.29. The van der Waals surface area contributed by atoms with E-state index in [1.807, 2.05) is 0 Å². The van der Waals surface area contributed by atoms with Crippen LogP contribution in [0.25, 0.3) is 0 Å². The number of rotatable bonds is 4. The van der Waals surface area contributed by atoms with Gasteiger partial charge in [-0.25, -0.2) is 4.79 Å². The third kappa shape index (κ3) is 2.95. The predicted octanol–water partition coefficient (Wildman–Crippen LogP) is 3.10. The Morgan fingerprint density at radius 3 is 2.78 bits per heavy atom. The summed E-state index contributed by atoms with van der Waals surface area (Å²) in [5.74, 6) is -0.718. The van der Waals surface area contributed by atoms with Gasteiger partial charge in [-0.1, -0.05) is 23.2 Å². The number of thioether (sulfide) groups is 1. The molecule has 0 saturated heterocycles. The number of benzene rings is 1. The van der Waals surface area contributed by atoms with E-state index in [1.165, 1.54) is 11.8 Å². The van der Waals surface area contributed by atoms with Crippen LogP contribution in [0.3, 0.4) is 0 Å². The fourth-order valence-electron chi connectivity index (χ4n) is 1.24. The number of carbonyl (C=O) groups is 1. The van der Waals surface area contributed by atoms with E-state index in [9.17, 15) is 4.79 Å². The number of H-pyrrole nitrogens is 1. The molecule has 2 N–H and O–H groups in total. The van der Waals surface area contributed by atoms with Crippen molar-refractivity contribution in [3.8, 4) is 0 Å². The number of halogens is 2. The Hall–Kier alpha value is -1.24. The number of hydrogen-bond acceptors (Lipinski definition) is 4. The van der Waals surface area contributed by atoms with E-state index in [0.29, 0.717) is 21.5 Å². The molecule has 0 atom stereocenters. The van der Waals surface area contributed by atoms with Gasteiger partial charge in [0.1, 0.15) is 5.69 Å². The quantitative estimate of drug-likeness (QED) is 0.849. The Bertz CT molecular complexity index is 588. The number of aromatic carboxylic acids is 1. The number of aromatic amines is 1. The lowest BCUT2D eigenvalue weighted by atomic mass is 10.3. The van der Waals surface area contributed by atoms with Gasteiger partial charge in [0.2, 0.25) is 0 Å². The second-order valence-corrected chi connectivity index (χ2v) is 5.15. The van der Waals surface area contributed by atoms with Crippen LogP contribution in [-0.2, 0) is 5.75 Å². The molecule has 5 nitrogen and oxygen atoms in total. The van der Waals surface area contributed by atoms with E-state index in [4.69, 9.17) is 28.3 Å². The van der Waals surface area contributed by atoms with Gasteiger partial charge in [-0.05, 0) is 18.2 Å². The molecule has 0 fully saturated rings. The fraction of sp³-hybridized carbons (Fsp3) is 0.100. The fourth-order valence-corrected chi connectivity index (χ4v) is 2.48. The van der Waals surface area contributed by atoms with Crippen molar-refractivity contribution < 1.29 is 9.90 Å². The molecular formula is C10H7Cl2N3O2S. The number of nitrogens with one attached hydrogen (secondary N) is 1. The summed E-state index contributed by atoms with van der Waals surface area (Å²) >= 11 is 13.1. The minimum atomic E-state index is -1.10. The van der Waals surface area contributed by atoms with Crippen LogP contribution in [0.5, 0.6) is 0 Å². The number of carboxylic acid groups (broad SMARTS) is 1. The lowest BCUT2D eigenvalue weighted by Gasteiger charge is -2.01. The van der Waals surface area contributed by atoms with Crippen molar-refractivity contribution in [2.75, 3.05) is 0 Å². The molecule has 0 radical (unpaired) electrons. The highest BCUT2D eigenvalue weighted by molar-refractivity contribution is 7.98. The van der Waals surface area contributed by atoms with Gasteiger partial charge >= 0.3 is 5.97 Å². The summed E-state index contributed by atoms with van der Waals surface area (Å²) in [6, 6.07) is 5.21. The number of hydrogen-bond donors (Lipinski definition) is 2. The summed E-state index contributed by atoms with van der Waals surface area (Å²) in [5, 5.41) is 19.5. The van der Waals surface area contributed by atoms with Gasteiger partial charge in [-0.15, -0.1) is 16.9 Å². The Morgan fingerprint density at radius 2 is 2.11 bits per heavy atom. The smallest absolute Gasteiger partial charge is 0.358 e. The molecule has 0 amide bonds. The number of nitrogens with zero attached hydrogens (tertiary/aromatic N) is 2. The molecule has 2 aromatic rings. The lowest BCUT2D eigenvalue weighted by molar-refractivity contribution is 0.0689. The largest absolute Gasteiger partial charge is 0.476 e. The first-order valence-electron chi connectivity index (χ1n) is 4.78. The van der Waals surface area contributed by atoms with Crippen molar-refractivity contribution >= 4 is 40.9 Å². The third-order valence-electron chi connectivity index (χ3n) is 2.09. The Kier molecular flexibility index (Phi) is 4.11. The van der Waals surface area contributed by atoms with Crippen LogP contribution in [0, 0.1) is 0 Å². The molecule has 0 bridgehead atoms. The van der Waals surface area contributed by atoms with Crippen molar-refractivity contribution in [2.24, 2.45) is 0 Å². The molecule has 1 heterocycles. The van der Waals surface area contributed by atoms with Crippen LogP contribution in [0.2, 0.25) is 10.0 Å². The standard InChI is InChI=1S/C10H7Cl2N3O2S/c11-6-2-1-5(3-7(6)12)18-4-8-9(10(16)17)14-15-13-8/h1-3H,4H2,(H,16,17)(H,13,14,15). The molecule has 18 heavy (non-hydrogen) atoms. The topological polar surface area (TPSA) is 78.9 Å². The van der Waals surface area contributed by atoms with E-state index >= 15 is 0 Å². The Morgan fingerprint density at radius 1 is 1.33 bits per heavy atom. The Balaban J connectivity index is 2.09. The van der Waals surface area contributed by atoms with Crippen LogP contribution in [0.1, 0.15) is 16.2 Å². The van der Waals surface area contributed by atoms with Crippen LogP contribution in [0.4, 0.5) is 0 Å².